The lowest BCUT2D eigenvalue weighted by molar-refractivity contribution is -0.153. The molecule has 13 heavy (non-hydrogen) atoms. The van der Waals surface area contributed by atoms with Gasteiger partial charge in [-0.15, -0.1) is 6.58 Å². The molecule has 1 rings (SSSR count). The van der Waals surface area contributed by atoms with E-state index >= 15 is 0 Å². The summed E-state index contributed by atoms with van der Waals surface area (Å²) in [4.78, 5) is 13.0. The zero-order valence-electron chi connectivity index (χ0n) is 7.86. The van der Waals surface area contributed by atoms with Crippen LogP contribution < -0.4 is 5.73 Å². The average molecular weight is 184 g/mol. The number of rotatable bonds is 3. The van der Waals surface area contributed by atoms with Crippen molar-refractivity contribution < 1.29 is 9.90 Å². The number of carbonyl (C=O) groups is 1. The van der Waals surface area contributed by atoms with Crippen LogP contribution in [0, 0.1) is 0 Å². The zero-order chi connectivity index (χ0) is 10.1. The van der Waals surface area contributed by atoms with Gasteiger partial charge in [-0.05, 0) is 13.3 Å². The molecule has 0 spiro atoms. The second kappa shape index (κ2) is 3.47. The number of likely N-dealkylation sites (tertiary alicyclic amines) is 1. The lowest BCUT2D eigenvalue weighted by atomic mass is 9.95. The van der Waals surface area contributed by atoms with E-state index in [1.54, 1.807) is 17.9 Å². The summed E-state index contributed by atoms with van der Waals surface area (Å²) in [6.45, 7) is 5.99. The first-order valence-electron chi connectivity index (χ1n) is 4.34. The van der Waals surface area contributed by atoms with Crippen LogP contribution in [0.1, 0.15) is 13.3 Å². The summed E-state index contributed by atoms with van der Waals surface area (Å²) in [5.41, 5.74) is 4.86. The van der Waals surface area contributed by atoms with Crippen LogP contribution in [0.25, 0.3) is 0 Å². The van der Waals surface area contributed by atoms with Crippen molar-refractivity contribution in [2.45, 2.75) is 25.0 Å². The maximum absolute atomic E-state index is 11.4. The van der Waals surface area contributed by atoms with Crippen molar-refractivity contribution in [2.75, 3.05) is 13.1 Å². The molecule has 0 aromatic rings. The standard InChI is InChI=1S/C9H16N2O2/c1-3-4-7(10)8(12)11-5-9(2,13)6-11/h3,7,13H,1,4-6,10H2,2H3. The fraction of sp³-hybridized carbons (Fsp3) is 0.667. The Kier molecular flexibility index (Phi) is 2.73. The molecule has 1 atom stereocenters. The van der Waals surface area contributed by atoms with Gasteiger partial charge >= 0.3 is 0 Å². The highest BCUT2D eigenvalue weighted by Crippen LogP contribution is 2.20. The van der Waals surface area contributed by atoms with Gasteiger partial charge in [0.15, 0.2) is 0 Å². The largest absolute Gasteiger partial charge is 0.386 e. The summed E-state index contributed by atoms with van der Waals surface area (Å²) in [7, 11) is 0. The van der Waals surface area contributed by atoms with Crippen LogP contribution in [0.5, 0.6) is 0 Å². The lowest BCUT2D eigenvalue weighted by Gasteiger charge is -2.45. The molecule has 1 fully saturated rings. The second-order valence-electron chi connectivity index (χ2n) is 3.82. The normalized spacial score (nSPS) is 21.9. The third-order valence-corrected chi connectivity index (χ3v) is 2.11. The van der Waals surface area contributed by atoms with E-state index in [-0.39, 0.29) is 5.91 Å². The van der Waals surface area contributed by atoms with Gasteiger partial charge in [-0.3, -0.25) is 4.79 Å². The first-order chi connectivity index (χ1) is 5.96. The zero-order valence-corrected chi connectivity index (χ0v) is 7.86. The summed E-state index contributed by atoms with van der Waals surface area (Å²) in [5.74, 6) is -0.105. The monoisotopic (exact) mass is 184 g/mol. The molecule has 74 valence electrons. The first-order valence-corrected chi connectivity index (χ1v) is 4.34. The van der Waals surface area contributed by atoms with Crippen molar-refractivity contribution in [1.29, 1.82) is 0 Å². The minimum atomic E-state index is -0.719. The molecular weight excluding hydrogens is 168 g/mol. The van der Waals surface area contributed by atoms with Crippen LogP contribution in [-0.2, 0) is 4.79 Å². The summed E-state index contributed by atoms with van der Waals surface area (Å²) >= 11 is 0. The topological polar surface area (TPSA) is 66.6 Å². The van der Waals surface area contributed by atoms with Gasteiger partial charge in [0.1, 0.15) is 0 Å². The van der Waals surface area contributed by atoms with Crippen molar-refractivity contribution in [3.63, 3.8) is 0 Å². The number of nitrogens with zero attached hydrogens (tertiary/aromatic N) is 1. The molecule has 4 nitrogen and oxygen atoms in total. The maximum Gasteiger partial charge on any atom is 0.240 e. The van der Waals surface area contributed by atoms with Crippen molar-refractivity contribution in [3.8, 4) is 0 Å². The second-order valence-corrected chi connectivity index (χ2v) is 3.82. The van der Waals surface area contributed by atoms with Gasteiger partial charge < -0.3 is 15.7 Å². The van der Waals surface area contributed by atoms with Gasteiger partial charge in [0.2, 0.25) is 5.91 Å². The molecule has 1 unspecified atom stereocenters. The Labute approximate surface area is 78.0 Å². The molecule has 1 amide bonds. The highest BCUT2D eigenvalue weighted by molar-refractivity contribution is 5.82. The molecule has 1 aliphatic heterocycles. The molecular formula is C9H16N2O2. The lowest BCUT2D eigenvalue weighted by Crippen LogP contribution is -2.64. The third-order valence-electron chi connectivity index (χ3n) is 2.11. The minimum Gasteiger partial charge on any atom is -0.386 e. The number of nitrogens with two attached hydrogens (primary N) is 1. The molecule has 0 aliphatic carbocycles. The number of hydrogen-bond donors (Lipinski definition) is 2. The Bertz CT molecular complexity index is 218. The quantitative estimate of drug-likeness (QED) is 0.580. The van der Waals surface area contributed by atoms with Crippen LogP contribution in [0.3, 0.4) is 0 Å². The average Bonchev–Trinajstić information content (AvgIpc) is 1.99. The van der Waals surface area contributed by atoms with Gasteiger partial charge in [-0.1, -0.05) is 6.08 Å². The van der Waals surface area contributed by atoms with E-state index < -0.39 is 11.6 Å². The third kappa shape index (κ3) is 2.29. The predicted molar refractivity (Wildman–Crippen MR) is 50.0 cm³/mol. The van der Waals surface area contributed by atoms with E-state index in [1.807, 2.05) is 0 Å². The summed E-state index contributed by atoms with van der Waals surface area (Å²) in [5, 5.41) is 9.39. The van der Waals surface area contributed by atoms with E-state index in [0.29, 0.717) is 19.5 Å². The van der Waals surface area contributed by atoms with Crippen molar-refractivity contribution >= 4 is 5.91 Å². The Hall–Kier alpha value is -0.870. The van der Waals surface area contributed by atoms with Gasteiger partial charge in [0.25, 0.3) is 0 Å². The summed E-state index contributed by atoms with van der Waals surface area (Å²) in [6.07, 6.45) is 2.11. The van der Waals surface area contributed by atoms with Crippen LogP contribution in [-0.4, -0.2) is 40.6 Å². The smallest absolute Gasteiger partial charge is 0.240 e. The van der Waals surface area contributed by atoms with E-state index in [0.717, 1.165) is 0 Å². The Morgan fingerprint density at radius 1 is 1.85 bits per heavy atom. The van der Waals surface area contributed by atoms with E-state index in [9.17, 15) is 9.90 Å². The molecule has 4 heteroatoms. The van der Waals surface area contributed by atoms with Crippen LogP contribution in [0.2, 0.25) is 0 Å². The molecule has 0 aromatic heterocycles. The maximum atomic E-state index is 11.4. The highest BCUT2D eigenvalue weighted by atomic mass is 16.3. The number of amides is 1. The number of aliphatic hydroxyl groups is 1. The highest BCUT2D eigenvalue weighted by Gasteiger charge is 2.40. The van der Waals surface area contributed by atoms with Crippen molar-refractivity contribution in [3.05, 3.63) is 12.7 Å². The molecule has 0 saturated carbocycles. The molecule has 1 aliphatic rings. The van der Waals surface area contributed by atoms with Gasteiger partial charge in [-0.25, -0.2) is 0 Å². The fourth-order valence-electron chi connectivity index (χ4n) is 1.45. The van der Waals surface area contributed by atoms with Gasteiger partial charge in [0.05, 0.1) is 24.7 Å². The van der Waals surface area contributed by atoms with Crippen LogP contribution in [0.4, 0.5) is 0 Å². The van der Waals surface area contributed by atoms with Crippen molar-refractivity contribution in [2.24, 2.45) is 5.73 Å². The molecule has 3 N–H and O–H groups in total. The van der Waals surface area contributed by atoms with Crippen LogP contribution in [0.15, 0.2) is 12.7 Å². The van der Waals surface area contributed by atoms with E-state index in [1.165, 1.54) is 0 Å². The van der Waals surface area contributed by atoms with E-state index in [2.05, 4.69) is 6.58 Å². The minimum absolute atomic E-state index is 0.105. The molecule has 0 bridgehead atoms. The fourth-order valence-corrected chi connectivity index (χ4v) is 1.45. The number of carbonyl (C=O) groups excluding carboxylic acids is 1. The number of β-amino-alcohol motifs (C(OH)–C–C–N with tert-alkyl or cyclic N) is 1. The Balaban J connectivity index is 2.38. The summed E-state index contributed by atoms with van der Waals surface area (Å²) in [6, 6.07) is -0.506. The molecule has 1 saturated heterocycles. The Morgan fingerprint density at radius 2 is 2.38 bits per heavy atom. The van der Waals surface area contributed by atoms with Gasteiger partial charge in [-0.2, -0.15) is 0 Å². The predicted octanol–water partition coefficient (Wildman–Crippen LogP) is -0.517. The van der Waals surface area contributed by atoms with E-state index in [4.69, 9.17) is 5.73 Å². The molecule has 0 aromatic carbocycles. The Morgan fingerprint density at radius 3 is 2.77 bits per heavy atom. The van der Waals surface area contributed by atoms with Gasteiger partial charge in [0, 0.05) is 0 Å². The first kappa shape index (κ1) is 10.2. The molecule has 0 radical (unpaired) electrons. The van der Waals surface area contributed by atoms with Crippen LogP contribution >= 0.6 is 0 Å². The molecule has 1 heterocycles. The SMILES string of the molecule is C=CCC(N)C(=O)N1CC(C)(O)C1. The number of hydrogen-bond acceptors (Lipinski definition) is 3. The summed E-state index contributed by atoms with van der Waals surface area (Å²) < 4.78 is 0. The van der Waals surface area contributed by atoms with Crippen molar-refractivity contribution in [1.82, 2.24) is 4.90 Å².